The van der Waals surface area contributed by atoms with Crippen molar-refractivity contribution in [2.24, 2.45) is 11.7 Å². The monoisotopic (exact) mass is 356 g/mol. The van der Waals surface area contributed by atoms with Crippen molar-refractivity contribution in [1.29, 1.82) is 0 Å². The smallest absolute Gasteiger partial charge is 0.225 e. The van der Waals surface area contributed by atoms with Crippen LogP contribution in [0, 0.1) is 5.92 Å². The van der Waals surface area contributed by atoms with Gasteiger partial charge in [-0.15, -0.1) is 12.4 Å². The van der Waals surface area contributed by atoms with Crippen LogP contribution in [0.2, 0.25) is 0 Å². The first kappa shape index (κ1) is 20.7. The van der Waals surface area contributed by atoms with Gasteiger partial charge in [0.15, 0.2) is 0 Å². The first-order chi connectivity index (χ1) is 11.0. The lowest BCUT2D eigenvalue weighted by atomic mass is 9.74. The summed E-state index contributed by atoms with van der Waals surface area (Å²) in [4.78, 5) is 12.4. The van der Waals surface area contributed by atoms with Crippen LogP contribution in [0.15, 0.2) is 24.3 Å². The summed E-state index contributed by atoms with van der Waals surface area (Å²) in [7, 11) is 1.64. The summed E-state index contributed by atoms with van der Waals surface area (Å²) in [6, 6.07) is 7.75. The van der Waals surface area contributed by atoms with Crippen molar-refractivity contribution in [3.8, 4) is 5.75 Å². The molecule has 3 N–H and O–H groups in total. The Morgan fingerprint density at radius 1 is 1.38 bits per heavy atom. The fraction of sp³-hybridized carbons (Fsp3) is 0.611. The first-order valence-electron chi connectivity index (χ1n) is 8.30. The molecule has 2 atom stereocenters. The lowest BCUT2D eigenvalue weighted by Gasteiger charge is -2.37. The van der Waals surface area contributed by atoms with E-state index in [9.17, 15) is 4.79 Å². The van der Waals surface area contributed by atoms with Crippen molar-refractivity contribution in [2.45, 2.75) is 44.7 Å². The molecule has 0 aromatic heterocycles. The van der Waals surface area contributed by atoms with Gasteiger partial charge in [0.1, 0.15) is 12.4 Å². The Hall–Kier alpha value is -1.30. The summed E-state index contributed by atoms with van der Waals surface area (Å²) in [5.74, 6) is 0.743. The molecule has 1 aromatic rings. The first-order valence-corrected chi connectivity index (χ1v) is 8.30. The van der Waals surface area contributed by atoms with Crippen LogP contribution in [0.3, 0.4) is 0 Å². The number of carbonyl (C=O) groups is 1. The maximum atomic E-state index is 12.4. The van der Waals surface area contributed by atoms with Crippen LogP contribution in [0.4, 0.5) is 0 Å². The molecule has 1 aliphatic rings. The van der Waals surface area contributed by atoms with Crippen LogP contribution in [-0.4, -0.2) is 31.8 Å². The number of hydrogen-bond donors (Lipinski definition) is 2. The van der Waals surface area contributed by atoms with Gasteiger partial charge in [-0.25, -0.2) is 0 Å². The molecule has 0 bridgehead atoms. The van der Waals surface area contributed by atoms with E-state index in [2.05, 4.69) is 5.32 Å². The number of halogens is 1. The summed E-state index contributed by atoms with van der Waals surface area (Å²) in [5, 5.41) is 3.02. The van der Waals surface area contributed by atoms with E-state index < -0.39 is 5.54 Å². The van der Waals surface area contributed by atoms with Gasteiger partial charge in [-0.1, -0.05) is 25.0 Å². The Balaban J connectivity index is 0.00000288. The maximum Gasteiger partial charge on any atom is 0.225 e. The highest BCUT2D eigenvalue weighted by molar-refractivity contribution is 5.85. The van der Waals surface area contributed by atoms with Gasteiger partial charge in [0, 0.05) is 19.2 Å². The molecule has 136 valence electrons. The van der Waals surface area contributed by atoms with Gasteiger partial charge < -0.3 is 20.5 Å². The third-order valence-electron chi connectivity index (χ3n) is 4.49. The van der Waals surface area contributed by atoms with E-state index in [1.165, 1.54) is 0 Å². The topological polar surface area (TPSA) is 73.6 Å². The third kappa shape index (κ3) is 5.96. The zero-order valence-corrected chi connectivity index (χ0v) is 15.4. The molecular formula is C18H29ClN2O3. The molecule has 24 heavy (non-hydrogen) atoms. The number of ether oxygens (including phenoxy) is 2. The number of rotatable bonds is 7. The number of benzene rings is 1. The lowest BCUT2D eigenvalue weighted by Crippen LogP contribution is -2.52. The average Bonchev–Trinajstić information content (AvgIpc) is 2.53. The van der Waals surface area contributed by atoms with E-state index in [0.717, 1.165) is 37.0 Å². The molecule has 2 unspecified atom stereocenters. The van der Waals surface area contributed by atoms with Gasteiger partial charge in [0.2, 0.25) is 5.91 Å². The molecule has 0 radical (unpaired) electrons. The predicted octanol–water partition coefficient (Wildman–Crippen LogP) is 2.66. The second-order valence-electron chi connectivity index (χ2n) is 6.51. The molecular weight excluding hydrogens is 328 g/mol. The number of hydrogen-bond acceptors (Lipinski definition) is 4. The molecule has 0 spiro atoms. The van der Waals surface area contributed by atoms with Crippen molar-refractivity contribution in [3.05, 3.63) is 29.8 Å². The lowest BCUT2D eigenvalue weighted by molar-refractivity contribution is -0.128. The fourth-order valence-corrected chi connectivity index (χ4v) is 3.09. The van der Waals surface area contributed by atoms with E-state index in [1.54, 1.807) is 7.11 Å². The standard InChI is InChI=1S/C18H28N2O3.ClH/c1-18(19)9-4-3-8-16(18)17(21)20-13-14-6-5-7-15(12-14)23-11-10-22-2;/h5-7,12,16H,3-4,8-11,13,19H2,1-2H3,(H,20,21);1H. The molecule has 1 saturated carbocycles. The number of amides is 1. The van der Waals surface area contributed by atoms with E-state index in [4.69, 9.17) is 15.2 Å². The normalized spacial score (nSPS) is 23.2. The molecule has 0 heterocycles. The van der Waals surface area contributed by atoms with Crippen LogP contribution >= 0.6 is 12.4 Å². The molecule has 5 nitrogen and oxygen atoms in total. The molecule has 1 fully saturated rings. The van der Waals surface area contributed by atoms with E-state index in [1.807, 2.05) is 31.2 Å². The quantitative estimate of drug-likeness (QED) is 0.736. The predicted molar refractivity (Wildman–Crippen MR) is 97.5 cm³/mol. The number of methoxy groups -OCH3 is 1. The minimum absolute atomic E-state index is 0. The summed E-state index contributed by atoms with van der Waals surface area (Å²) in [5.41, 5.74) is 6.91. The molecule has 0 saturated heterocycles. The second-order valence-corrected chi connectivity index (χ2v) is 6.51. The molecule has 0 aliphatic heterocycles. The van der Waals surface area contributed by atoms with Gasteiger partial charge in [0.25, 0.3) is 0 Å². The summed E-state index contributed by atoms with van der Waals surface area (Å²) in [6.45, 7) is 3.55. The molecule has 1 amide bonds. The molecule has 1 aliphatic carbocycles. The van der Waals surface area contributed by atoms with Crippen molar-refractivity contribution >= 4 is 18.3 Å². The zero-order valence-electron chi connectivity index (χ0n) is 14.5. The molecule has 2 rings (SSSR count). The second kappa shape index (κ2) is 9.87. The maximum absolute atomic E-state index is 12.4. The van der Waals surface area contributed by atoms with Gasteiger partial charge in [0.05, 0.1) is 12.5 Å². The highest BCUT2D eigenvalue weighted by Gasteiger charge is 2.37. The van der Waals surface area contributed by atoms with Crippen molar-refractivity contribution < 1.29 is 14.3 Å². The summed E-state index contributed by atoms with van der Waals surface area (Å²) in [6.07, 6.45) is 3.97. The highest BCUT2D eigenvalue weighted by Crippen LogP contribution is 2.31. The molecule has 1 aromatic carbocycles. The SMILES string of the molecule is COCCOc1cccc(CNC(=O)C2CCCCC2(C)N)c1.Cl. The van der Waals surface area contributed by atoms with Crippen LogP contribution in [-0.2, 0) is 16.1 Å². The Morgan fingerprint density at radius 2 is 2.17 bits per heavy atom. The fourth-order valence-electron chi connectivity index (χ4n) is 3.09. The Kier molecular flexibility index (Phi) is 8.53. The zero-order chi connectivity index (χ0) is 16.7. The minimum atomic E-state index is -0.395. The van der Waals surface area contributed by atoms with Crippen molar-refractivity contribution in [3.63, 3.8) is 0 Å². The third-order valence-corrected chi connectivity index (χ3v) is 4.49. The van der Waals surface area contributed by atoms with Crippen molar-refractivity contribution in [2.75, 3.05) is 20.3 Å². The largest absolute Gasteiger partial charge is 0.491 e. The van der Waals surface area contributed by atoms with Gasteiger partial charge >= 0.3 is 0 Å². The number of carbonyl (C=O) groups excluding carboxylic acids is 1. The average molecular weight is 357 g/mol. The van der Waals surface area contributed by atoms with Crippen molar-refractivity contribution in [1.82, 2.24) is 5.32 Å². The summed E-state index contributed by atoms with van der Waals surface area (Å²) >= 11 is 0. The Bertz CT molecular complexity index is 523. The highest BCUT2D eigenvalue weighted by atomic mass is 35.5. The number of nitrogens with one attached hydrogen (secondary N) is 1. The minimum Gasteiger partial charge on any atom is -0.491 e. The van der Waals surface area contributed by atoms with Gasteiger partial charge in [-0.3, -0.25) is 4.79 Å². The molecule has 6 heteroatoms. The van der Waals surface area contributed by atoms with Gasteiger partial charge in [-0.2, -0.15) is 0 Å². The van der Waals surface area contributed by atoms with Gasteiger partial charge in [-0.05, 0) is 37.5 Å². The Morgan fingerprint density at radius 3 is 2.88 bits per heavy atom. The summed E-state index contributed by atoms with van der Waals surface area (Å²) < 4.78 is 10.6. The van der Waals surface area contributed by atoms with Crippen LogP contribution in [0.25, 0.3) is 0 Å². The van der Waals surface area contributed by atoms with Crippen LogP contribution in [0.5, 0.6) is 5.75 Å². The van der Waals surface area contributed by atoms with Crippen LogP contribution in [0.1, 0.15) is 38.2 Å². The number of nitrogens with two attached hydrogens (primary N) is 1. The van der Waals surface area contributed by atoms with E-state index >= 15 is 0 Å². The van der Waals surface area contributed by atoms with E-state index in [0.29, 0.717) is 19.8 Å². The Labute approximate surface area is 150 Å². The van der Waals surface area contributed by atoms with E-state index in [-0.39, 0.29) is 24.2 Å². The van der Waals surface area contributed by atoms with Crippen LogP contribution < -0.4 is 15.8 Å².